The van der Waals surface area contributed by atoms with E-state index in [1.165, 1.54) is 0 Å². The maximum atomic E-state index is 12.5. The highest BCUT2D eigenvalue weighted by Gasteiger charge is 2.28. The van der Waals surface area contributed by atoms with Gasteiger partial charge in [0.15, 0.2) is 0 Å². The van der Waals surface area contributed by atoms with E-state index in [4.69, 9.17) is 4.74 Å². The number of amides is 1. The van der Waals surface area contributed by atoms with E-state index >= 15 is 0 Å². The van der Waals surface area contributed by atoms with Crippen LogP contribution < -0.4 is 14.4 Å². The number of benzene rings is 2. The maximum Gasteiger partial charge on any atom is 0.243 e. The summed E-state index contributed by atoms with van der Waals surface area (Å²) in [4.78, 5) is 12.5. The third kappa shape index (κ3) is 5.99. The maximum absolute atomic E-state index is 12.5. The van der Waals surface area contributed by atoms with Crippen molar-refractivity contribution in [2.75, 3.05) is 23.7 Å². The van der Waals surface area contributed by atoms with Gasteiger partial charge in [0.25, 0.3) is 0 Å². The molecule has 0 aliphatic carbocycles. The molecule has 0 aliphatic rings. The van der Waals surface area contributed by atoms with E-state index in [0.29, 0.717) is 18.8 Å². The van der Waals surface area contributed by atoms with Gasteiger partial charge < -0.3 is 10.1 Å². The van der Waals surface area contributed by atoms with Gasteiger partial charge in [0.1, 0.15) is 11.8 Å². The van der Waals surface area contributed by atoms with Crippen molar-refractivity contribution in [1.29, 1.82) is 0 Å². The lowest BCUT2D eigenvalue weighted by Crippen LogP contribution is -2.48. The predicted molar refractivity (Wildman–Crippen MR) is 112 cm³/mol. The van der Waals surface area contributed by atoms with Crippen LogP contribution >= 0.6 is 0 Å². The molecule has 28 heavy (non-hydrogen) atoms. The van der Waals surface area contributed by atoms with E-state index in [1.54, 1.807) is 37.3 Å². The molecule has 1 atom stereocenters. The van der Waals surface area contributed by atoms with Crippen LogP contribution in [0.5, 0.6) is 5.75 Å². The molecule has 0 unspecified atom stereocenters. The van der Waals surface area contributed by atoms with Gasteiger partial charge in [0.05, 0.1) is 18.6 Å². The van der Waals surface area contributed by atoms with Crippen LogP contribution in [-0.4, -0.2) is 39.8 Å². The van der Waals surface area contributed by atoms with Crippen molar-refractivity contribution < 1.29 is 17.9 Å². The van der Waals surface area contributed by atoms with Crippen LogP contribution in [-0.2, 0) is 21.2 Å². The Labute approximate surface area is 167 Å². The van der Waals surface area contributed by atoms with Crippen LogP contribution in [0.1, 0.15) is 25.8 Å². The van der Waals surface area contributed by atoms with E-state index in [9.17, 15) is 13.2 Å². The first-order valence-corrected chi connectivity index (χ1v) is 11.2. The van der Waals surface area contributed by atoms with E-state index in [0.717, 1.165) is 34.7 Å². The molecule has 2 aromatic rings. The second-order valence-corrected chi connectivity index (χ2v) is 8.37. The highest BCUT2D eigenvalue weighted by molar-refractivity contribution is 7.92. The van der Waals surface area contributed by atoms with Crippen molar-refractivity contribution in [2.45, 2.75) is 32.7 Å². The summed E-state index contributed by atoms with van der Waals surface area (Å²) in [6.07, 6.45) is 2.60. The third-order valence-electron chi connectivity index (χ3n) is 4.29. The molecule has 2 rings (SSSR count). The smallest absolute Gasteiger partial charge is 0.243 e. The van der Waals surface area contributed by atoms with Gasteiger partial charge in [-0.15, -0.1) is 0 Å². The van der Waals surface area contributed by atoms with Gasteiger partial charge in [0, 0.05) is 6.54 Å². The predicted octanol–water partition coefficient (Wildman–Crippen LogP) is 2.99. The minimum absolute atomic E-state index is 0.327. The molecule has 0 spiro atoms. The summed E-state index contributed by atoms with van der Waals surface area (Å²) < 4.78 is 31.2. The third-order valence-corrected chi connectivity index (χ3v) is 5.54. The molecule has 1 amide bonds. The number of hydrogen-bond acceptors (Lipinski definition) is 4. The number of carbonyl (C=O) groups excluding carboxylic acids is 1. The first kappa shape index (κ1) is 21.8. The van der Waals surface area contributed by atoms with Gasteiger partial charge in [-0.1, -0.05) is 36.4 Å². The Kier molecular flexibility index (Phi) is 7.87. The number of para-hydroxylation sites is 2. The number of nitrogens with zero attached hydrogens (tertiary/aromatic N) is 1. The number of hydrogen-bond donors (Lipinski definition) is 1. The number of nitrogens with one attached hydrogen (secondary N) is 1. The lowest BCUT2D eigenvalue weighted by atomic mass is 10.1. The minimum atomic E-state index is -3.59. The Bertz CT molecular complexity index is 869. The number of sulfonamides is 1. The number of aryl methyl sites for hydroxylation is 1. The Balaban J connectivity index is 1.95. The van der Waals surface area contributed by atoms with Crippen LogP contribution in [0.4, 0.5) is 5.69 Å². The van der Waals surface area contributed by atoms with Crippen molar-refractivity contribution in [1.82, 2.24) is 5.32 Å². The lowest BCUT2D eigenvalue weighted by Gasteiger charge is -2.28. The molecule has 0 aromatic heterocycles. The molecule has 0 radical (unpaired) electrons. The van der Waals surface area contributed by atoms with Gasteiger partial charge in [-0.25, -0.2) is 8.42 Å². The molecule has 152 valence electrons. The second kappa shape index (κ2) is 10.1. The SMILES string of the molecule is CCOc1ccccc1CCCNC(=O)[C@@H](C)N(c1ccccc1)S(C)(=O)=O. The van der Waals surface area contributed by atoms with Crippen LogP contribution in [0.2, 0.25) is 0 Å². The summed E-state index contributed by atoms with van der Waals surface area (Å²) in [7, 11) is -3.59. The van der Waals surface area contributed by atoms with Gasteiger partial charge in [-0.05, 0) is 50.5 Å². The van der Waals surface area contributed by atoms with Gasteiger partial charge >= 0.3 is 0 Å². The van der Waals surface area contributed by atoms with Crippen molar-refractivity contribution >= 4 is 21.6 Å². The van der Waals surface area contributed by atoms with Gasteiger partial charge in [0.2, 0.25) is 15.9 Å². The lowest BCUT2D eigenvalue weighted by molar-refractivity contribution is -0.121. The summed E-state index contributed by atoms with van der Waals surface area (Å²) in [5.74, 6) is 0.532. The molecule has 0 aliphatic heterocycles. The average Bonchev–Trinajstić information content (AvgIpc) is 2.66. The topological polar surface area (TPSA) is 75.7 Å². The number of rotatable bonds is 10. The van der Waals surface area contributed by atoms with Crippen LogP contribution in [0.25, 0.3) is 0 Å². The first-order valence-electron chi connectivity index (χ1n) is 9.37. The van der Waals surface area contributed by atoms with Crippen LogP contribution in [0, 0.1) is 0 Å². The van der Waals surface area contributed by atoms with Crippen molar-refractivity contribution in [3.63, 3.8) is 0 Å². The standard InChI is InChI=1S/C21H28N2O4S/c1-4-27-20-15-9-8-11-18(20)12-10-16-22-21(24)17(2)23(28(3,25)26)19-13-6-5-7-14-19/h5-9,11,13-15,17H,4,10,12,16H2,1-3H3,(H,22,24)/t17-/m1/s1. The fraction of sp³-hybridized carbons (Fsp3) is 0.381. The Morgan fingerprint density at radius 3 is 2.39 bits per heavy atom. The zero-order valence-electron chi connectivity index (χ0n) is 16.6. The molecular weight excluding hydrogens is 376 g/mol. The zero-order chi connectivity index (χ0) is 20.6. The molecule has 1 N–H and O–H groups in total. The molecule has 6 nitrogen and oxygen atoms in total. The molecule has 0 heterocycles. The monoisotopic (exact) mass is 404 g/mol. The minimum Gasteiger partial charge on any atom is -0.494 e. The summed E-state index contributed by atoms with van der Waals surface area (Å²) in [6.45, 7) is 4.59. The number of anilines is 1. The van der Waals surface area contributed by atoms with Gasteiger partial charge in [-0.3, -0.25) is 9.10 Å². The van der Waals surface area contributed by atoms with E-state index in [1.807, 2.05) is 31.2 Å². The van der Waals surface area contributed by atoms with Crippen molar-refractivity contribution in [2.24, 2.45) is 0 Å². The highest BCUT2D eigenvalue weighted by Crippen LogP contribution is 2.21. The summed E-state index contributed by atoms with van der Waals surface area (Å²) in [6, 6.07) is 15.6. The number of carbonyl (C=O) groups is 1. The molecule has 7 heteroatoms. The Morgan fingerprint density at radius 2 is 1.75 bits per heavy atom. The highest BCUT2D eigenvalue weighted by atomic mass is 32.2. The van der Waals surface area contributed by atoms with Crippen LogP contribution in [0.3, 0.4) is 0 Å². The first-order chi connectivity index (χ1) is 13.3. The quantitative estimate of drug-likeness (QED) is 0.618. The van der Waals surface area contributed by atoms with E-state index in [2.05, 4.69) is 5.32 Å². The molecule has 0 fully saturated rings. The molecule has 0 saturated carbocycles. The van der Waals surface area contributed by atoms with E-state index in [-0.39, 0.29) is 5.91 Å². The fourth-order valence-electron chi connectivity index (χ4n) is 3.03. The largest absolute Gasteiger partial charge is 0.494 e. The van der Waals surface area contributed by atoms with Crippen LogP contribution in [0.15, 0.2) is 54.6 Å². The van der Waals surface area contributed by atoms with Gasteiger partial charge in [-0.2, -0.15) is 0 Å². The van der Waals surface area contributed by atoms with E-state index < -0.39 is 16.1 Å². The fourth-order valence-corrected chi connectivity index (χ4v) is 4.20. The average molecular weight is 405 g/mol. The second-order valence-electron chi connectivity index (χ2n) is 6.51. The normalized spacial score (nSPS) is 12.2. The summed E-state index contributed by atoms with van der Waals surface area (Å²) >= 11 is 0. The Hall–Kier alpha value is -2.54. The molecule has 0 bridgehead atoms. The summed E-state index contributed by atoms with van der Waals surface area (Å²) in [5.41, 5.74) is 1.56. The Morgan fingerprint density at radius 1 is 1.11 bits per heavy atom. The van der Waals surface area contributed by atoms with Crippen molar-refractivity contribution in [3.05, 3.63) is 60.2 Å². The number of ether oxygens (including phenoxy) is 1. The summed E-state index contributed by atoms with van der Waals surface area (Å²) in [5, 5.41) is 2.84. The molecular formula is C21H28N2O4S. The van der Waals surface area contributed by atoms with Crippen molar-refractivity contribution in [3.8, 4) is 5.75 Å². The molecule has 0 saturated heterocycles. The zero-order valence-corrected chi connectivity index (χ0v) is 17.4. The molecule has 2 aromatic carbocycles.